The highest BCUT2D eigenvalue weighted by atomic mass is 31.1. The number of nitrogens with one attached hydrogen (secondary N) is 1. The second kappa shape index (κ2) is 14.5. The van der Waals surface area contributed by atoms with Crippen molar-refractivity contribution < 1.29 is 28.2 Å². The minimum Gasteiger partial charge on any atom is -0.464 e. The van der Waals surface area contributed by atoms with Crippen LogP contribution in [0.15, 0.2) is 22.6 Å². The Morgan fingerprint density at radius 3 is 2.45 bits per heavy atom. The Balaban J connectivity index is 2.10. The van der Waals surface area contributed by atoms with E-state index in [4.69, 9.17) is 19.7 Å². The van der Waals surface area contributed by atoms with Gasteiger partial charge in [-0.2, -0.15) is 4.98 Å². The van der Waals surface area contributed by atoms with Crippen molar-refractivity contribution in [3.63, 3.8) is 0 Å². The minimum absolute atomic E-state index is 0.00304. The van der Waals surface area contributed by atoms with Gasteiger partial charge in [0.1, 0.15) is 19.0 Å². The first-order valence-electron chi connectivity index (χ1n) is 13.2. The normalized spacial score (nSPS) is 19.2. The number of anilines is 1. The summed E-state index contributed by atoms with van der Waals surface area (Å²) in [6.07, 6.45) is 5.79. The van der Waals surface area contributed by atoms with E-state index in [9.17, 15) is 18.9 Å². The zero-order valence-corrected chi connectivity index (χ0v) is 24.2. The highest BCUT2D eigenvalue weighted by molar-refractivity contribution is 7.36. The van der Waals surface area contributed by atoms with E-state index in [1.165, 1.54) is 16.8 Å². The molecule has 1 saturated carbocycles. The first-order valence-corrected chi connectivity index (χ1v) is 14.3. The molecule has 3 atom stereocenters. The highest BCUT2D eigenvalue weighted by Gasteiger charge is 2.53. The molecule has 11 nitrogen and oxygen atoms in total. The number of nitrogens with two attached hydrogens (primary N) is 1. The van der Waals surface area contributed by atoms with Crippen molar-refractivity contribution in [1.29, 1.82) is 0 Å². The third-order valence-corrected chi connectivity index (χ3v) is 7.41. The zero-order valence-electron chi connectivity index (χ0n) is 23.3. The topological polar surface area (TPSA) is 152 Å². The molecule has 1 heterocycles. The van der Waals surface area contributed by atoms with Gasteiger partial charge in [-0.1, -0.05) is 59.5 Å². The zero-order chi connectivity index (χ0) is 28.5. The monoisotopic (exact) mass is 553 g/mol. The van der Waals surface area contributed by atoms with Crippen LogP contribution in [0.1, 0.15) is 67.2 Å². The number of rotatable bonds is 16. The lowest BCUT2D eigenvalue weighted by Gasteiger charge is -2.17. The molecule has 212 valence electrons. The summed E-state index contributed by atoms with van der Waals surface area (Å²) in [5.41, 5.74) is 5.04. The molecule has 1 fully saturated rings. The first-order chi connectivity index (χ1) is 17.9. The van der Waals surface area contributed by atoms with Crippen LogP contribution >= 0.6 is 8.18 Å². The van der Waals surface area contributed by atoms with Crippen molar-refractivity contribution in [3.8, 4) is 0 Å². The van der Waals surface area contributed by atoms with E-state index in [1.54, 1.807) is 20.0 Å². The van der Waals surface area contributed by atoms with Gasteiger partial charge in [-0.25, -0.2) is 4.79 Å². The Hall–Kier alpha value is -2.62. The van der Waals surface area contributed by atoms with Gasteiger partial charge in [-0.3, -0.25) is 14.2 Å². The van der Waals surface area contributed by atoms with Crippen LogP contribution in [0.2, 0.25) is 0 Å². The van der Waals surface area contributed by atoms with Crippen LogP contribution in [0.3, 0.4) is 0 Å². The van der Waals surface area contributed by atoms with Gasteiger partial charge in [0.05, 0.1) is 17.9 Å². The van der Waals surface area contributed by atoms with Crippen LogP contribution in [-0.2, 0) is 28.2 Å². The molecule has 38 heavy (non-hydrogen) atoms. The Labute approximate surface area is 225 Å². The first kappa shape index (κ1) is 31.6. The summed E-state index contributed by atoms with van der Waals surface area (Å²) in [5.74, 6) is -0.603. The molecule has 0 radical (unpaired) electrons. The van der Waals surface area contributed by atoms with Crippen molar-refractivity contribution in [1.82, 2.24) is 14.6 Å². The molecule has 1 aliphatic rings. The second-order valence-corrected chi connectivity index (χ2v) is 11.6. The summed E-state index contributed by atoms with van der Waals surface area (Å²) in [4.78, 5) is 40.7. The average molecular weight is 554 g/mol. The maximum Gasteiger partial charge on any atom is 0.613 e. The van der Waals surface area contributed by atoms with E-state index >= 15 is 0 Å². The average Bonchev–Trinajstić information content (AvgIpc) is 3.55. The molecule has 12 heteroatoms. The largest absolute Gasteiger partial charge is 0.613 e. The van der Waals surface area contributed by atoms with E-state index in [0.29, 0.717) is 19.4 Å². The Kier molecular flexibility index (Phi) is 12.1. The smallest absolute Gasteiger partial charge is 0.464 e. The van der Waals surface area contributed by atoms with Crippen molar-refractivity contribution in [2.24, 2.45) is 23.2 Å². The second-order valence-electron chi connectivity index (χ2n) is 10.6. The van der Waals surface area contributed by atoms with Gasteiger partial charge >= 0.3 is 25.8 Å². The van der Waals surface area contributed by atoms with E-state index in [0.717, 1.165) is 18.4 Å². The number of hydrogen-bond acceptors (Lipinski definition) is 9. The summed E-state index contributed by atoms with van der Waals surface area (Å²) in [6.45, 7) is 11.8. The number of hydrogen-bond donors (Lipinski definition) is 2. The van der Waals surface area contributed by atoms with E-state index in [-0.39, 0.29) is 42.8 Å². The maximum absolute atomic E-state index is 12.9. The van der Waals surface area contributed by atoms with Gasteiger partial charge < -0.3 is 15.2 Å². The van der Waals surface area contributed by atoms with Gasteiger partial charge in [-0.05, 0) is 40.9 Å². The van der Waals surface area contributed by atoms with Crippen LogP contribution in [0.4, 0.5) is 5.82 Å². The molecule has 0 amide bonds. The van der Waals surface area contributed by atoms with Crippen LogP contribution in [0.25, 0.3) is 6.20 Å². The molecular weight excluding hydrogens is 511 g/mol. The van der Waals surface area contributed by atoms with Crippen molar-refractivity contribution in [2.45, 2.75) is 73.3 Å². The molecule has 2 unspecified atom stereocenters. The lowest BCUT2D eigenvalue weighted by molar-refractivity contribution is -0.149. The number of esters is 2. The molecule has 1 aliphatic carbocycles. The van der Waals surface area contributed by atoms with Crippen LogP contribution in [-0.4, -0.2) is 47.4 Å². The quantitative estimate of drug-likeness (QED) is 0.228. The van der Waals surface area contributed by atoms with Crippen LogP contribution < -0.4 is 16.5 Å². The SMILES string of the molecule is CCC(CC)COC(=O)[C@H](CC(C)C)N[P+](=O)OCC1(COC(=O)C(C)C)C/C1=C/n1ccc(N)nc1=O. The third kappa shape index (κ3) is 9.60. The molecule has 0 bridgehead atoms. The Morgan fingerprint density at radius 1 is 1.18 bits per heavy atom. The van der Waals surface area contributed by atoms with Gasteiger partial charge in [0.25, 0.3) is 0 Å². The predicted molar refractivity (Wildman–Crippen MR) is 145 cm³/mol. The van der Waals surface area contributed by atoms with E-state index in [2.05, 4.69) is 10.1 Å². The predicted octanol–water partition coefficient (Wildman–Crippen LogP) is 3.91. The minimum atomic E-state index is -2.43. The molecule has 0 saturated heterocycles. The van der Waals surface area contributed by atoms with Crippen molar-refractivity contribution in [3.05, 3.63) is 28.3 Å². The molecule has 0 aliphatic heterocycles. The summed E-state index contributed by atoms with van der Waals surface area (Å²) in [5, 5.41) is 2.78. The van der Waals surface area contributed by atoms with Crippen LogP contribution in [0.5, 0.6) is 0 Å². The molecule has 3 N–H and O–H groups in total. The van der Waals surface area contributed by atoms with Gasteiger partial charge in [0.15, 0.2) is 6.04 Å². The van der Waals surface area contributed by atoms with Gasteiger partial charge in [0, 0.05) is 12.4 Å². The molecule has 0 spiro atoms. The number of nitrogens with zero attached hydrogens (tertiary/aromatic N) is 2. The van der Waals surface area contributed by atoms with E-state index < -0.39 is 31.3 Å². The lowest BCUT2D eigenvalue weighted by atomic mass is 10.0. The molecular formula is C26H42N4O7P+. The van der Waals surface area contributed by atoms with Gasteiger partial charge in [0.2, 0.25) is 0 Å². The summed E-state index contributed by atoms with van der Waals surface area (Å²) in [6, 6.07) is 0.715. The summed E-state index contributed by atoms with van der Waals surface area (Å²) in [7, 11) is -2.43. The highest BCUT2D eigenvalue weighted by Crippen LogP contribution is 2.54. The maximum atomic E-state index is 12.9. The Morgan fingerprint density at radius 2 is 1.87 bits per heavy atom. The van der Waals surface area contributed by atoms with E-state index in [1.807, 2.05) is 27.7 Å². The molecule has 0 aromatic carbocycles. The van der Waals surface area contributed by atoms with Crippen molar-refractivity contribution in [2.75, 3.05) is 25.6 Å². The molecule has 2 rings (SSSR count). The fourth-order valence-electron chi connectivity index (χ4n) is 3.74. The summed E-state index contributed by atoms with van der Waals surface area (Å²) >= 11 is 0. The number of ether oxygens (including phenoxy) is 2. The van der Waals surface area contributed by atoms with Crippen LogP contribution in [0, 0.1) is 23.2 Å². The molecule has 1 aromatic rings. The number of carbonyl (C=O) groups excluding carboxylic acids is 2. The summed E-state index contributed by atoms with van der Waals surface area (Å²) < 4.78 is 30.7. The fraction of sp³-hybridized carbons (Fsp3) is 0.692. The third-order valence-electron chi connectivity index (χ3n) is 6.52. The molecule has 1 aromatic heterocycles. The fourth-order valence-corrected chi connectivity index (χ4v) is 4.65. The van der Waals surface area contributed by atoms with Gasteiger partial charge in [-0.15, -0.1) is 4.52 Å². The lowest BCUT2D eigenvalue weighted by Crippen LogP contribution is -2.36. The Bertz CT molecular complexity index is 1070. The number of carbonyl (C=O) groups is 2. The van der Waals surface area contributed by atoms with Crippen molar-refractivity contribution >= 4 is 32.1 Å². The number of aromatic nitrogens is 2. The number of nitrogen functional groups attached to an aromatic ring is 1. The standard InChI is InChI=1S/C26H41N4O7P/c1-7-19(8-2)14-35-24(32)21(11-17(3)4)29-38(34)37-16-26(15-36-23(31)18(5)6)12-20(26)13-30-10-9-22(27)28-25(30)33/h9-10,13,17-19,21H,7-8,11-12,14-16H2,1-6H3,(H2-,27,28,29,33,34)/p+1/b20-13-/t21-,26?/m0/s1.